The molecule has 0 aromatic heterocycles. The van der Waals surface area contributed by atoms with E-state index >= 15 is 0 Å². The van der Waals surface area contributed by atoms with Crippen LogP contribution in [0.15, 0.2) is 18.2 Å². The quantitative estimate of drug-likeness (QED) is 0.606. The zero-order valence-corrected chi connectivity index (χ0v) is 11.0. The Hall–Kier alpha value is -2.13. The van der Waals surface area contributed by atoms with Crippen molar-refractivity contribution in [1.82, 2.24) is 0 Å². The first-order valence-electron chi connectivity index (χ1n) is 6.10. The zero-order valence-electron chi connectivity index (χ0n) is 11.0. The summed E-state index contributed by atoms with van der Waals surface area (Å²) in [6.07, 6.45) is 1.21. The van der Waals surface area contributed by atoms with Crippen LogP contribution in [-0.4, -0.2) is 22.2 Å². The van der Waals surface area contributed by atoms with Gasteiger partial charge >= 0.3 is 0 Å². The van der Waals surface area contributed by atoms with E-state index < -0.39 is 10.5 Å². The van der Waals surface area contributed by atoms with Crippen LogP contribution in [0.4, 0.5) is 11.4 Å². The minimum atomic E-state index is -0.811. The maximum Gasteiger partial charge on any atom is 0.287 e. The van der Waals surface area contributed by atoms with Gasteiger partial charge in [0.15, 0.2) is 0 Å². The van der Waals surface area contributed by atoms with Crippen LogP contribution in [0.2, 0.25) is 0 Å². The molecule has 0 atom stereocenters. The largest absolute Gasteiger partial charge is 0.388 e. The number of nitrogens with zero attached hydrogens (tertiary/aromatic N) is 2. The second-order valence-electron chi connectivity index (χ2n) is 4.39. The zero-order chi connectivity index (χ0) is 14.5. The van der Waals surface area contributed by atoms with Crippen molar-refractivity contribution in [3.05, 3.63) is 33.9 Å². The Morgan fingerprint density at radius 3 is 2.58 bits per heavy atom. The van der Waals surface area contributed by atoms with Crippen molar-refractivity contribution >= 4 is 11.4 Å². The molecule has 6 nitrogen and oxygen atoms in total. The van der Waals surface area contributed by atoms with Gasteiger partial charge in [-0.1, -0.05) is 13.8 Å². The molecule has 0 amide bonds. The molecule has 1 aromatic carbocycles. The first-order valence-corrected chi connectivity index (χ1v) is 6.10. The van der Waals surface area contributed by atoms with Gasteiger partial charge < -0.3 is 10.4 Å². The molecule has 1 rings (SSSR count). The molecule has 19 heavy (non-hydrogen) atoms. The smallest absolute Gasteiger partial charge is 0.287 e. The first kappa shape index (κ1) is 14.9. The van der Waals surface area contributed by atoms with Crippen LogP contribution in [0.25, 0.3) is 0 Å². The third-order valence-corrected chi connectivity index (χ3v) is 3.25. The minimum Gasteiger partial charge on any atom is -0.388 e. The number of rotatable bonds is 6. The maximum absolute atomic E-state index is 10.7. The third-order valence-electron chi connectivity index (χ3n) is 3.25. The molecule has 0 saturated heterocycles. The first-order chi connectivity index (χ1) is 8.95. The van der Waals surface area contributed by atoms with Gasteiger partial charge in [-0.3, -0.25) is 10.1 Å². The van der Waals surface area contributed by atoms with E-state index in [4.69, 9.17) is 5.26 Å². The van der Waals surface area contributed by atoms with Gasteiger partial charge in [0.1, 0.15) is 11.6 Å². The van der Waals surface area contributed by atoms with Gasteiger partial charge in [0.05, 0.1) is 10.5 Å². The van der Waals surface area contributed by atoms with Crippen LogP contribution in [0, 0.1) is 21.4 Å². The molecule has 102 valence electrons. The van der Waals surface area contributed by atoms with Gasteiger partial charge in [-0.15, -0.1) is 0 Å². The van der Waals surface area contributed by atoms with E-state index in [0.717, 1.165) is 0 Å². The average Bonchev–Trinajstić information content (AvgIpc) is 2.44. The monoisotopic (exact) mass is 263 g/mol. The topological polar surface area (TPSA) is 99.2 Å². The molecule has 0 aliphatic rings. The van der Waals surface area contributed by atoms with Crippen molar-refractivity contribution in [3.8, 4) is 6.07 Å². The molecule has 0 aliphatic carbocycles. The van der Waals surface area contributed by atoms with Crippen LogP contribution in [0.5, 0.6) is 0 Å². The summed E-state index contributed by atoms with van der Waals surface area (Å²) in [5.74, 6) is 0. The third kappa shape index (κ3) is 3.66. The van der Waals surface area contributed by atoms with Crippen molar-refractivity contribution in [1.29, 1.82) is 5.26 Å². The minimum absolute atomic E-state index is 0.00605. The lowest BCUT2D eigenvalue weighted by Gasteiger charge is -2.25. The Morgan fingerprint density at radius 1 is 1.47 bits per heavy atom. The molecule has 0 bridgehead atoms. The highest BCUT2D eigenvalue weighted by molar-refractivity contribution is 5.58. The SMILES string of the molecule is CCC(O)(CC)CNc1ccc([N+](=O)[O-])c(C#N)c1. The Morgan fingerprint density at radius 2 is 2.11 bits per heavy atom. The van der Waals surface area contributed by atoms with Gasteiger partial charge in [-0.25, -0.2) is 0 Å². The van der Waals surface area contributed by atoms with E-state index in [9.17, 15) is 15.2 Å². The van der Waals surface area contributed by atoms with Crippen LogP contribution >= 0.6 is 0 Å². The van der Waals surface area contributed by atoms with Crippen molar-refractivity contribution in [3.63, 3.8) is 0 Å². The highest BCUT2D eigenvalue weighted by atomic mass is 16.6. The van der Waals surface area contributed by atoms with E-state index in [1.165, 1.54) is 18.2 Å². The predicted molar refractivity (Wildman–Crippen MR) is 71.8 cm³/mol. The normalized spacial score (nSPS) is 10.8. The van der Waals surface area contributed by atoms with Crippen molar-refractivity contribution in [2.75, 3.05) is 11.9 Å². The molecule has 0 radical (unpaired) electrons. The summed E-state index contributed by atoms with van der Waals surface area (Å²) < 4.78 is 0. The lowest BCUT2D eigenvalue weighted by molar-refractivity contribution is -0.385. The number of nitriles is 1. The number of hydrogen-bond donors (Lipinski definition) is 2. The highest BCUT2D eigenvalue weighted by Gasteiger charge is 2.22. The highest BCUT2D eigenvalue weighted by Crippen LogP contribution is 2.23. The fraction of sp³-hybridized carbons (Fsp3) is 0.462. The molecule has 6 heteroatoms. The molecule has 0 heterocycles. The lowest BCUT2D eigenvalue weighted by Crippen LogP contribution is -2.35. The molecule has 1 aromatic rings. The fourth-order valence-electron chi connectivity index (χ4n) is 1.66. The Bertz CT molecular complexity index is 504. The molecule has 0 spiro atoms. The molecule has 0 unspecified atom stereocenters. The number of benzene rings is 1. The van der Waals surface area contributed by atoms with Crippen LogP contribution < -0.4 is 5.32 Å². The van der Waals surface area contributed by atoms with Crippen molar-refractivity contribution in [2.24, 2.45) is 0 Å². The van der Waals surface area contributed by atoms with E-state index in [1.54, 1.807) is 6.07 Å². The van der Waals surface area contributed by atoms with Crippen molar-refractivity contribution in [2.45, 2.75) is 32.3 Å². The second kappa shape index (κ2) is 6.16. The summed E-state index contributed by atoms with van der Waals surface area (Å²) in [6.45, 7) is 4.12. The number of anilines is 1. The van der Waals surface area contributed by atoms with E-state index in [2.05, 4.69) is 5.32 Å². The van der Waals surface area contributed by atoms with Crippen LogP contribution in [0.1, 0.15) is 32.3 Å². The molecule has 0 fully saturated rings. The molecule has 0 aliphatic heterocycles. The van der Waals surface area contributed by atoms with Crippen LogP contribution in [0.3, 0.4) is 0 Å². The summed E-state index contributed by atoms with van der Waals surface area (Å²) in [5.41, 5.74) is -0.433. The molecule has 2 N–H and O–H groups in total. The standard InChI is InChI=1S/C13H17N3O3/c1-3-13(17,4-2)9-15-11-5-6-12(16(18)19)10(7-11)8-14/h5-7,15,17H,3-4,9H2,1-2H3. The average molecular weight is 263 g/mol. The predicted octanol–water partition coefficient (Wildman–Crippen LogP) is 2.43. The molecular weight excluding hydrogens is 246 g/mol. The van der Waals surface area contributed by atoms with Crippen LogP contribution in [-0.2, 0) is 0 Å². The number of nitro benzene ring substituents is 1. The van der Waals surface area contributed by atoms with Gasteiger partial charge in [0, 0.05) is 18.3 Å². The second-order valence-corrected chi connectivity index (χ2v) is 4.39. The van der Waals surface area contributed by atoms with E-state index in [0.29, 0.717) is 25.1 Å². The number of hydrogen-bond acceptors (Lipinski definition) is 5. The number of aliphatic hydroxyl groups is 1. The van der Waals surface area contributed by atoms with Gasteiger partial charge in [-0.2, -0.15) is 5.26 Å². The summed E-state index contributed by atoms with van der Waals surface area (Å²) in [6, 6.07) is 6.04. The number of nitrogens with one attached hydrogen (secondary N) is 1. The Kier molecular flexibility index (Phi) is 4.84. The van der Waals surface area contributed by atoms with E-state index in [-0.39, 0.29) is 11.3 Å². The summed E-state index contributed by atoms with van der Waals surface area (Å²) >= 11 is 0. The molecule has 0 saturated carbocycles. The number of nitro groups is 1. The van der Waals surface area contributed by atoms with Gasteiger partial charge in [-0.05, 0) is 25.0 Å². The van der Waals surface area contributed by atoms with Gasteiger partial charge in [0.25, 0.3) is 5.69 Å². The van der Waals surface area contributed by atoms with Gasteiger partial charge in [0.2, 0.25) is 0 Å². The van der Waals surface area contributed by atoms with E-state index in [1.807, 2.05) is 13.8 Å². The lowest BCUT2D eigenvalue weighted by atomic mass is 9.97. The summed E-state index contributed by atoms with van der Waals surface area (Å²) in [4.78, 5) is 10.1. The fourth-order valence-corrected chi connectivity index (χ4v) is 1.66. The Balaban J connectivity index is 2.87. The summed E-state index contributed by atoms with van der Waals surface area (Å²) in [5, 5.41) is 32.7. The Labute approximate surface area is 111 Å². The summed E-state index contributed by atoms with van der Waals surface area (Å²) in [7, 11) is 0. The maximum atomic E-state index is 10.7. The molecular formula is C13H17N3O3. The van der Waals surface area contributed by atoms with Crippen molar-refractivity contribution < 1.29 is 10.0 Å².